The molecule has 130 valence electrons. The van der Waals surface area contributed by atoms with Gasteiger partial charge in [-0.1, -0.05) is 11.8 Å². The Bertz CT molecular complexity index is 938. The van der Waals surface area contributed by atoms with E-state index in [0.717, 1.165) is 4.57 Å². The SMILES string of the molecule is O=c1[nH]c(=O)n([C@@H]2CC(O)[C@H](CO)O2)cc1C#Cc1ccc(F)cc1. The van der Waals surface area contributed by atoms with E-state index >= 15 is 0 Å². The van der Waals surface area contributed by atoms with Gasteiger partial charge in [-0.3, -0.25) is 14.3 Å². The maximum atomic E-state index is 12.9. The number of benzene rings is 1. The van der Waals surface area contributed by atoms with Gasteiger partial charge in [0.05, 0.1) is 12.7 Å². The molecule has 3 rings (SSSR count). The number of hydrogen-bond acceptors (Lipinski definition) is 5. The van der Waals surface area contributed by atoms with E-state index < -0.39 is 35.5 Å². The Labute approximate surface area is 141 Å². The smallest absolute Gasteiger partial charge is 0.330 e. The average Bonchev–Trinajstić information content (AvgIpc) is 2.96. The standard InChI is InChI=1S/C17H15FN2O5/c18-12-5-2-10(3-6-12)1-4-11-8-20(17(24)19-16(11)23)15-7-13(22)14(9-21)25-15/h2-3,5-6,8,13-15,21-22H,7,9H2,(H,19,23,24)/t13?,14-,15-/m0/s1. The van der Waals surface area contributed by atoms with Gasteiger partial charge in [0.25, 0.3) is 5.56 Å². The van der Waals surface area contributed by atoms with Crippen LogP contribution in [0.3, 0.4) is 0 Å². The maximum absolute atomic E-state index is 12.9. The number of rotatable bonds is 2. The minimum atomic E-state index is -0.914. The number of H-pyrrole nitrogens is 1. The summed E-state index contributed by atoms with van der Waals surface area (Å²) in [7, 11) is 0. The number of nitrogens with zero attached hydrogens (tertiary/aromatic N) is 1. The molecule has 1 aliphatic rings. The Morgan fingerprint density at radius 3 is 2.64 bits per heavy atom. The molecule has 7 nitrogen and oxygen atoms in total. The molecule has 25 heavy (non-hydrogen) atoms. The second kappa shape index (κ2) is 7.03. The van der Waals surface area contributed by atoms with E-state index in [2.05, 4.69) is 16.8 Å². The van der Waals surface area contributed by atoms with Crippen LogP contribution in [0.1, 0.15) is 23.8 Å². The van der Waals surface area contributed by atoms with Crippen molar-refractivity contribution < 1.29 is 19.3 Å². The van der Waals surface area contributed by atoms with E-state index in [1.165, 1.54) is 30.5 Å². The molecule has 3 N–H and O–H groups in total. The Balaban J connectivity index is 1.93. The van der Waals surface area contributed by atoms with Crippen molar-refractivity contribution in [2.24, 2.45) is 0 Å². The van der Waals surface area contributed by atoms with Crippen molar-refractivity contribution in [1.29, 1.82) is 0 Å². The fourth-order valence-electron chi connectivity index (χ4n) is 2.51. The highest BCUT2D eigenvalue weighted by molar-refractivity contribution is 5.40. The fraction of sp³-hybridized carbons (Fsp3) is 0.294. The molecule has 0 radical (unpaired) electrons. The van der Waals surface area contributed by atoms with Crippen molar-refractivity contribution in [3.8, 4) is 11.8 Å². The molecule has 0 amide bonds. The number of aliphatic hydroxyl groups is 2. The van der Waals surface area contributed by atoms with Crippen molar-refractivity contribution in [2.75, 3.05) is 6.61 Å². The van der Waals surface area contributed by atoms with Gasteiger partial charge >= 0.3 is 5.69 Å². The first-order chi connectivity index (χ1) is 12.0. The molecule has 1 unspecified atom stereocenters. The highest BCUT2D eigenvalue weighted by atomic mass is 19.1. The predicted molar refractivity (Wildman–Crippen MR) is 85.3 cm³/mol. The molecular formula is C17H15FN2O5. The molecule has 0 bridgehead atoms. The van der Waals surface area contributed by atoms with Crippen LogP contribution in [0.5, 0.6) is 0 Å². The van der Waals surface area contributed by atoms with Gasteiger partial charge in [0.2, 0.25) is 0 Å². The third-order valence-electron chi connectivity index (χ3n) is 3.85. The van der Waals surface area contributed by atoms with Gasteiger partial charge in [-0.2, -0.15) is 0 Å². The summed E-state index contributed by atoms with van der Waals surface area (Å²) in [5.74, 6) is 4.95. The Morgan fingerprint density at radius 2 is 2.00 bits per heavy atom. The molecule has 8 heteroatoms. The van der Waals surface area contributed by atoms with Crippen molar-refractivity contribution in [1.82, 2.24) is 9.55 Å². The monoisotopic (exact) mass is 346 g/mol. The first-order valence-corrected chi connectivity index (χ1v) is 7.55. The van der Waals surface area contributed by atoms with E-state index in [4.69, 9.17) is 9.84 Å². The third-order valence-corrected chi connectivity index (χ3v) is 3.85. The number of nitrogens with one attached hydrogen (secondary N) is 1. The summed E-state index contributed by atoms with van der Waals surface area (Å²) < 4.78 is 19.4. The van der Waals surface area contributed by atoms with Gasteiger partial charge in [0.1, 0.15) is 23.7 Å². The minimum Gasteiger partial charge on any atom is -0.394 e. The molecule has 1 fully saturated rings. The maximum Gasteiger partial charge on any atom is 0.330 e. The molecule has 1 aromatic heterocycles. The van der Waals surface area contributed by atoms with Crippen LogP contribution in [-0.2, 0) is 4.74 Å². The zero-order valence-electron chi connectivity index (χ0n) is 13.0. The van der Waals surface area contributed by atoms with Gasteiger partial charge in [-0.05, 0) is 24.3 Å². The van der Waals surface area contributed by atoms with E-state index in [9.17, 15) is 19.1 Å². The highest BCUT2D eigenvalue weighted by Gasteiger charge is 2.35. The van der Waals surface area contributed by atoms with Gasteiger partial charge in [0, 0.05) is 18.2 Å². The number of aliphatic hydroxyl groups excluding tert-OH is 2. The lowest BCUT2D eigenvalue weighted by Crippen LogP contribution is -2.33. The van der Waals surface area contributed by atoms with Crippen LogP contribution in [0.25, 0.3) is 0 Å². The van der Waals surface area contributed by atoms with Crippen molar-refractivity contribution in [2.45, 2.75) is 24.9 Å². The van der Waals surface area contributed by atoms with Crippen molar-refractivity contribution in [3.63, 3.8) is 0 Å². The van der Waals surface area contributed by atoms with E-state index in [-0.39, 0.29) is 18.6 Å². The van der Waals surface area contributed by atoms with E-state index in [1.54, 1.807) is 0 Å². The van der Waals surface area contributed by atoms with Gasteiger partial charge in [-0.15, -0.1) is 0 Å². The molecule has 1 aromatic carbocycles. The van der Waals surface area contributed by atoms with Gasteiger partial charge in [-0.25, -0.2) is 9.18 Å². The largest absolute Gasteiger partial charge is 0.394 e. The van der Waals surface area contributed by atoms with Crippen molar-refractivity contribution in [3.05, 3.63) is 68.2 Å². The predicted octanol–water partition coefficient (Wildman–Crippen LogP) is -0.284. The number of halogens is 1. The lowest BCUT2D eigenvalue weighted by Gasteiger charge is -2.14. The van der Waals surface area contributed by atoms with Crippen LogP contribution in [0.2, 0.25) is 0 Å². The summed E-state index contributed by atoms with van der Waals surface area (Å²) in [6.07, 6.45) is -1.18. The fourth-order valence-corrected chi connectivity index (χ4v) is 2.51. The molecule has 0 spiro atoms. The molecule has 2 aromatic rings. The first-order valence-electron chi connectivity index (χ1n) is 7.55. The van der Waals surface area contributed by atoms with Crippen LogP contribution in [0.15, 0.2) is 40.1 Å². The Kier molecular flexibility index (Phi) is 4.81. The van der Waals surface area contributed by atoms with Crippen molar-refractivity contribution >= 4 is 0 Å². The number of ether oxygens (including phenoxy) is 1. The van der Waals surface area contributed by atoms with E-state index in [0.29, 0.717) is 5.56 Å². The summed E-state index contributed by atoms with van der Waals surface area (Å²) in [6.45, 7) is -0.382. The van der Waals surface area contributed by atoms with Gasteiger partial charge < -0.3 is 14.9 Å². The van der Waals surface area contributed by atoms with E-state index in [1.807, 2.05) is 0 Å². The van der Waals surface area contributed by atoms with Crippen LogP contribution >= 0.6 is 0 Å². The molecule has 1 aliphatic heterocycles. The quantitative estimate of drug-likeness (QED) is 0.649. The summed E-state index contributed by atoms with van der Waals surface area (Å²) in [5.41, 5.74) is -0.831. The molecule has 0 aliphatic carbocycles. The topological polar surface area (TPSA) is 105 Å². The normalized spacial score (nSPS) is 22.4. The summed E-state index contributed by atoms with van der Waals surface area (Å²) in [4.78, 5) is 26.0. The van der Waals surface area contributed by atoms with Crippen LogP contribution < -0.4 is 11.2 Å². The second-order valence-electron chi connectivity index (χ2n) is 5.58. The number of aromatic nitrogens is 2. The lowest BCUT2D eigenvalue weighted by atomic mass is 10.2. The Morgan fingerprint density at radius 1 is 1.28 bits per heavy atom. The van der Waals surface area contributed by atoms with Crippen LogP contribution in [0.4, 0.5) is 4.39 Å². The number of hydrogen-bond donors (Lipinski definition) is 3. The lowest BCUT2D eigenvalue weighted by molar-refractivity contribution is -0.0459. The zero-order valence-corrected chi connectivity index (χ0v) is 13.0. The molecule has 2 heterocycles. The second-order valence-corrected chi connectivity index (χ2v) is 5.58. The zero-order chi connectivity index (χ0) is 18.0. The average molecular weight is 346 g/mol. The van der Waals surface area contributed by atoms with Crippen LogP contribution in [0, 0.1) is 17.7 Å². The summed E-state index contributed by atoms with van der Waals surface area (Å²) >= 11 is 0. The summed E-state index contributed by atoms with van der Waals surface area (Å²) in [6, 6.07) is 5.43. The minimum absolute atomic E-state index is 0.0227. The first kappa shape index (κ1) is 17.1. The Hall–Kier alpha value is -2.73. The molecule has 3 atom stereocenters. The van der Waals surface area contributed by atoms with Crippen LogP contribution in [-0.4, -0.2) is 38.6 Å². The number of aromatic amines is 1. The highest BCUT2D eigenvalue weighted by Crippen LogP contribution is 2.27. The van der Waals surface area contributed by atoms with Gasteiger partial charge in [0.15, 0.2) is 0 Å². The molecule has 1 saturated heterocycles. The molecule has 0 saturated carbocycles. The summed E-state index contributed by atoms with van der Waals surface area (Å²) in [5, 5.41) is 18.9. The molecular weight excluding hydrogens is 331 g/mol. The third kappa shape index (κ3) is 3.69.